The quantitative estimate of drug-likeness (QED) is 0.113. The highest BCUT2D eigenvalue weighted by atomic mass is 31.2. The topological polar surface area (TPSA) is 217 Å². The maximum Gasteiger partial charge on any atom is 0.524 e. The fraction of sp³-hybridized carbons (Fsp3) is 0.265. The number of primary amides is 1. The third-order valence-corrected chi connectivity index (χ3v) is 8.63. The lowest BCUT2D eigenvalue weighted by Crippen LogP contribution is -2.57. The van der Waals surface area contributed by atoms with E-state index >= 15 is 0 Å². The predicted octanol–water partition coefficient (Wildman–Crippen LogP) is 1.63. The van der Waals surface area contributed by atoms with Crippen LogP contribution in [0.3, 0.4) is 0 Å². The number of para-hydroxylation sites is 1. The molecular weight excluding hydrogens is 653 g/mol. The molecule has 15 heteroatoms. The lowest BCUT2D eigenvalue weighted by atomic mass is 10.0. The summed E-state index contributed by atoms with van der Waals surface area (Å²) in [5.41, 5.74) is 8.97. The minimum atomic E-state index is -4.71. The van der Waals surface area contributed by atoms with E-state index in [9.17, 15) is 28.5 Å². The Bertz CT molecular complexity index is 1810. The first kappa shape index (κ1) is 35.0. The van der Waals surface area contributed by atoms with Crippen molar-refractivity contribution in [2.45, 2.75) is 56.8 Å². The highest BCUT2D eigenvalue weighted by Crippen LogP contribution is 2.39. The number of nitrogens with two attached hydrogens (primary N) is 1. The van der Waals surface area contributed by atoms with Crippen LogP contribution in [0.15, 0.2) is 78.9 Å². The lowest BCUT2D eigenvalue weighted by molar-refractivity contribution is -0.131. The van der Waals surface area contributed by atoms with Gasteiger partial charge in [-0.1, -0.05) is 60.7 Å². The van der Waals surface area contributed by atoms with Gasteiger partial charge in [0.2, 0.25) is 29.5 Å². The van der Waals surface area contributed by atoms with E-state index in [0.717, 1.165) is 16.7 Å². The largest absolute Gasteiger partial charge is 0.524 e. The Morgan fingerprint density at radius 1 is 1.00 bits per heavy atom. The summed E-state index contributed by atoms with van der Waals surface area (Å²) in [5, 5.41) is 8.26. The normalized spacial score (nSPS) is 17.5. The van der Waals surface area contributed by atoms with Gasteiger partial charge < -0.3 is 26.2 Å². The molecule has 0 saturated heterocycles. The third-order valence-electron chi connectivity index (χ3n) is 8.18. The molecule has 7 N–H and O–H groups in total. The molecule has 5 amide bonds. The molecule has 0 unspecified atom stereocenters. The van der Waals surface area contributed by atoms with Crippen LogP contribution in [0.4, 0.5) is 5.69 Å². The minimum absolute atomic E-state index is 0.0367. The number of carbonyl (C=O) groups is 5. The Labute approximate surface area is 281 Å². The van der Waals surface area contributed by atoms with Crippen LogP contribution >= 0.6 is 7.82 Å². The summed E-state index contributed by atoms with van der Waals surface area (Å²) < 4.78 is 15.6. The molecule has 0 bridgehead atoms. The van der Waals surface area contributed by atoms with Gasteiger partial charge >= 0.3 is 7.82 Å². The van der Waals surface area contributed by atoms with Gasteiger partial charge in [0.25, 0.3) is 0 Å². The Kier molecular flexibility index (Phi) is 10.9. The highest BCUT2D eigenvalue weighted by molar-refractivity contribution is 7.46. The van der Waals surface area contributed by atoms with E-state index in [1.165, 1.54) is 41.3 Å². The molecule has 2 aliphatic rings. The molecule has 3 aromatic carbocycles. The number of anilines is 1. The smallest absolute Gasteiger partial charge is 0.404 e. The molecule has 3 aromatic rings. The van der Waals surface area contributed by atoms with Gasteiger partial charge in [0.1, 0.15) is 23.9 Å². The number of phosphoric ester groups is 1. The molecule has 0 radical (unpaired) electrons. The average molecular weight is 690 g/mol. The van der Waals surface area contributed by atoms with Gasteiger partial charge in [0.05, 0.1) is 5.69 Å². The number of phosphoric acid groups is 1. The third kappa shape index (κ3) is 9.20. The van der Waals surface area contributed by atoms with Crippen molar-refractivity contribution in [3.8, 4) is 5.75 Å². The first-order valence-corrected chi connectivity index (χ1v) is 17.1. The molecule has 0 saturated carbocycles. The molecule has 3 atom stereocenters. The molecule has 49 heavy (non-hydrogen) atoms. The van der Waals surface area contributed by atoms with Crippen molar-refractivity contribution in [2.24, 2.45) is 5.73 Å². The van der Waals surface area contributed by atoms with E-state index in [2.05, 4.69) is 20.5 Å². The molecule has 2 aliphatic heterocycles. The van der Waals surface area contributed by atoms with Crippen molar-refractivity contribution in [1.82, 2.24) is 16.0 Å². The maximum atomic E-state index is 14.0. The molecule has 2 heterocycles. The Balaban J connectivity index is 1.29. The number of nitrogens with one attached hydrogen (secondary N) is 3. The van der Waals surface area contributed by atoms with E-state index in [4.69, 9.17) is 15.5 Å². The first-order valence-electron chi connectivity index (χ1n) is 15.6. The number of carbonyl (C=O) groups excluding carboxylic acids is 5. The van der Waals surface area contributed by atoms with Crippen molar-refractivity contribution in [1.29, 1.82) is 0 Å². The standard InChI is InChI=1S/C34H36N5O9P/c35-29(40)17-16-26(32(42)36-20-22-5-2-1-3-6-22)38-33(43)28-19-24-8-4-7-23-12-15-27(34(44)39(28)31(23)24)37-30(41)18-11-21-9-13-25(14-10-21)48-49(45,46)47/h1-11,13-14,18,26-28H,12,15-17,19-20H2,(H2,35,40)(H,36,42)(H,37,41)(H,38,43)(H2,45,46,47)/b18-11+/t26-,27+,28+/m0/s1. The molecule has 0 aliphatic carbocycles. The number of nitrogens with zero attached hydrogens (tertiary/aromatic N) is 1. The monoisotopic (exact) mass is 689 g/mol. The van der Waals surface area contributed by atoms with Crippen molar-refractivity contribution in [3.05, 3.63) is 101 Å². The number of hydrogen-bond donors (Lipinski definition) is 6. The zero-order valence-corrected chi connectivity index (χ0v) is 27.2. The van der Waals surface area contributed by atoms with E-state index in [-0.39, 0.29) is 38.0 Å². The minimum Gasteiger partial charge on any atom is -0.404 e. The van der Waals surface area contributed by atoms with Crippen molar-refractivity contribution >= 4 is 49.1 Å². The van der Waals surface area contributed by atoms with Gasteiger partial charge in [-0.05, 0) is 59.7 Å². The van der Waals surface area contributed by atoms with Crippen LogP contribution in [0.25, 0.3) is 6.08 Å². The molecule has 0 spiro atoms. The Morgan fingerprint density at radius 3 is 2.41 bits per heavy atom. The van der Waals surface area contributed by atoms with Gasteiger partial charge in [-0.2, -0.15) is 0 Å². The fourth-order valence-corrected chi connectivity index (χ4v) is 6.27. The SMILES string of the molecule is NC(=O)CC[C@H](NC(=O)[C@H]1Cc2cccc3c2N1C(=O)[C@H](NC(=O)/C=C/c1ccc(OP(=O)(O)O)cc1)CC3)C(=O)NCc1ccccc1. The summed E-state index contributed by atoms with van der Waals surface area (Å²) in [7, 11) is -4.71. The number of rotatable bonds is 13. The van der Waals surface area contributed by atoms with Crippen molar-refractivity contribution in [2.75, 3.05) is 4.90 Å². The fourth-order valence-electron chi connectivity index (χ4n) is 5.88. The number of aryl methyl sites for hydroxylation is 1. The van der Waals surface area contributed by atoms with Gasteiger partial charge in [0, 0.05) is 25.5 Å². The number of benzene rings is 3. The number of hydrogen-bond acceptors (Lipinski definition) is 7. The molecular formula is C34H36N5O9P. The van der Waals surface area contributed by atoms with Crippen LogP contribution in [0.5, 0.6) is 5.75 Å². The van der Waals surface area contributed by atoms with Gasteiger partial charge in [-0.3, -0.25) is 38.7 Å². The van der Waals surface area contributed by atoms with E-state index in [1.54, 1.807) is 0 Å². The second-order valence-electron chi connectivity index (χ2n) is 11.7. The van der Waals surface area contributed by atoms with Gasteiger partial charge in [-0.25, -0.2) is 4.57 Å². The first-order chi connectivity index (χ1) is 23.4. The van der Waals surface area contributed by atoms with E-state index < -0.39 is 55.5 Å². The second-order valence-corrected chi connectivity index (χ2v) is 12.9. The summed E-state index contributed by atoms with van der Waals surface area (Å²) in [6, 6.07) is 17.3. The van der Waals surface area contributed by atoms with Gasteiger partial charge in [0.15, 0.2) is 0 Å². The van der Waals surface area contributed by atoms with Crippen LogP contribution < -0.4 is 31.1 Å². The zero-order valence-electron chi connectivity index (χ0n) is 26.3. The second kappa shape index (κ2) is 15.3. The highest BCUT2D eigenvalue weighted by Gasteiger charge is 2.44. The van der Waals surface area contributed by atoms with Crippen LogP contribution in [0, 0.1) is 0 Å². The van der Waals surface area contributed by atoms with Crippen molar-refractivity contribution < 1.29 is 42.8 Å². The molecule has 256 valence electrons. The van der Waals surface area contributed by atoms with Crippen LogP contribution in [-0.2, 0) is 47.9 Å². The zero-order chi connectivity index (χ0) is 35.1. The summed E-state index contributed by atoms with van der Waals surface area (Å²) in [6.07, 6.45) is 3.43. The lowest BCUT2D eigenvalue weighted by Gasteiger charge is -2.29. The van der Waals surface area contributed by atoms with E-state index in [1.807, 2.05) is 48.5 Å². The Hall–Kier alpha value is -5.30. The average Bonchev–Trinajstić information content (AvgIpc) is 3.40. The summed E-state index contributed by atoms with van der Waals surface area (Å²) >= 11 is 0. The number of amides is 5. The van der Waals surface area contributed by atoms with Gasteiger partial charge in [-0.15, -0.1) is 0 Å². The summed E-state index contributed by atoms with van der Waals surface area (Å²) in [5.74, 6) is -2.81. The van der Waals surface area contributed by atoms with Crippen LogP contribution in [0.2, 0.25) is 0 Å². The molecule has 0 aromatic heterocycles. The van der Waals surface area contributed by atoms with E-state index in [0.29, 0.717) is 17.7 Å². The van der Waals surface area contributed by atoms with Crippen molar-refractivity contribution in [3.63, 3.8) is 0 Å². The molecule has 5 rings (SSSR count). The summed E-state index contributed by atoms with van der Waals surface area (Å²) in [4.78, 5) is 84.9. The maximum absolute atomic E-state index is 14.0. The summed E-state index contributed by atoms with van der Waals surface area (Å²) in [6.45, 7) is 0.206. The van der Waals surface area contributed by atoms with Crippen LogP contribution in [-0.4, -0.2) is 57.4 Å². The predicted molar refractivity (Wildman–Crippen MR) is 178 cm³/mol. The Morgan fingerprint density at radius 2 is 1.71 bits per heavy atom. The van der Waals surface area contributed by atoms with Crippen LogP contribution in [0.1, 0.15) is 41.5 Å². The molecule has 14 nitrogen and oxygen atoms in total. The molecule has 0 fully saturated rings.